The maximum Gasteiger partial charge on any atom is 0.305 e. The fourth-order valence-electron chi connectivity index (χ4n) is 2.97. The Bertz CT molecular complexity index is 529. The van der Waals surface area contributed by atoms with Crippen molar-refractivity contribution in [1.29, 1.82) is 0 Å². The van der Waals surface area contributed by atoms with Crippen molar-refractivity contribution in [2.45, 2.75) is 77.7 Å². The van der Waals surface area contributed by atoms with Gasteiger partial charge in [-0.25, -0.2) is 0 Å². The highest BCUT2D eigenvalue weighted by Gasteiger charge is 2.25. The predicted octanol–water partition coefficient (Wildman–Crippen LogP) is 4.90. The molecular formula is C21H34O5. The van der Waals surface area contributed by atoms with Crippen molar-refractivity contribution in [2.75, 3.05) is 13.2 Å². The van der Waals surface area contributed by atoms with Crippen molar-refractivity contribution in [3.63, 3.8) is 0 Å². The van der Waals surface area contributed by atoms with Crippen LogP contribution in [0.15, 0.2) is 18.2 Å². The van der Waals surface area contributed by atoms with E-state index in [4.69, 9.17) is 9.47 Å². The molecule has 1 aromatic rings. The van der Waals surface area contributed by atoms with E-state index in [2.05, 4.69) is 13.8 Å². The molecule has 0 bridgehead atoms. The third-order valence-corrected chi connectivity index (χ3v) is 4.50. The lowest BCUT2D eigenvalue weighted by atomic mass is 9.89. The van der Waals surface area contributed by atoms with Crippen LogP contribution < -0.4 is 0 Å². The van der Waals surface area contributed by atoms with Crippen molar-refractivity contribution in [1.82, 2.24) is 0 Å². The van der Waals surface area contributed by atoms with Gasteiger partial charge >= 0.3 is 5.97 Å². The molecule has 0 aromatic heterocycles. The van der Waals surface area contributed by atoms with Crippen LogP contribution in [0.25, 0.3) is 0 Å². The first kappa shape index (κ1) is 22.3. The Kier molecular flexibility index (Phi) is 10.8. The summed E-state index contributed by atoms with van der Waals surface area (Å²) in [4.78, 5) is 11.6. The smallest absolute Gasteiger partial charge is 0.305 e. The Morgan fingerprint density at radius 2 is 1.81 bits per heavy atom. The maximum atomic E-state index is 11.6. The quantitative estimate of drug-likeness (QED) is 0.295. The number of aromatic hydroxyl groups is 2. The number of rotatable bonds is 13. The van der Waals surface area contributed by atoms with E-state index in [0.717, 1.165) is 31.2 Å². The summed E-state index contributed by atoms with van der Waals surface area (Å²) in [6.07, 6.45) is 6.29. The van der Waals surface area contributed by atoms with E-state index < -0.39 is 0 Å². The lowest BCUT2D eigenvalue weighted by Crippen LogP contribution is -2.29. The van der Waals surface area contributed by atoms with Gasteiger partial charge in [-0.2, -0.15) is 0 Å². The third kappa shape index (κ3) is 7.65. The van der Waals surface area contributed by atoms with Crippen LogP contribution in [0.5, 0.6) is 11.5 Å². The molecule has 0 spiro atoms. The number of esters is 1. The van der Waals surface area contributed by atoms with E-state index >= 15 is 0 Å². The number of carbonyl (C=O) groups is 1. The first-order valence-electron chi connectivity index (χ1n) is 9.82. The van der Waals surface area contributed by atoms with Gasteiger partial charge in [0.15, 0.2) is 11.5 Å². The van der Waals surface area contributed by atoms with E-state index in [1.807, 2.05) is 0 Å². The number of unbranched alkanes of at least 4 members (excludes halogenated alkanes) is 3. The van der Waals surface area contributed by atoms with E-state index in [1.165, 1.54) is 18.9 Å². The largest absolute Gasteiger partial charge is 0.504 e. The van der Waals surface area contributed by atoms with Crippen molar-refractivity contribution >= 4 is 5.97 Å². The second-order valence-electron chi connectivity index (χ2n) is 6.65. The van der Waals surface area contributed by atoms with Crippen molar-refractivity contribution in [3.05, 3.63) is 23.8 Å². The third-order valence-electron chi connectivity index (χ3n) is 4.50. The van der Waals surface area contributed by atoms with Gasteiger partial charge in [0.2, 0.25) is 0 Å². The molecule has 0 heterocycles. The molecular weight excluding hydrogens is 332 g/mol. The molecule has 2 N–H and O–H groups in total. The van der Waals surface area contributed by atoms with Gasteiger partial charge in [-0.05, 0) is 30.5 Å². The molecule has 1 rings (SSSR count). The highest BCUT2D eigenvalue weighted by atomic mass is 16.6. The topological polar surface area (TPSA) is 76.0 Å². The van der Waals surface area contributed by atoms with Crippen LogP contribution in [-0.2, 0) is 14.3 Å². The molecule has 2 atom stereocenters. The molecule has 2 unspecified atom stereocenters. The SMILES string of the molecule is CCCCCCOC(COC(=O)CC)C(CCC)c1ccc(O)c(O)c1. The molecule has 5 nitrogen and oxygen atoms in total. The fourth-order valence-corrected chi connectivity index (χ4v) is 2.97. The summed E-state index contributed by atoms with van der Waals surface area (Å²) in [5.74, 6) is -0.537. The highest BCUT2D eigenvalue weighted by molar-refractivity contribution is 5.68. The summed E-state index contributed by atoms with van der Waals surface area (Å²) in [6.45, 7) is 6.85. The van der Waals surface area contributed by atoms with Gasteiger partial charge in [-0.1, -0.05) is 52.5 Å². The van der Waals surface area contributed by atoms with E-state index in [-0.39, 0.29) is 36.1 Å². The van der Waals surface area contributed by atoms with Gasteiger partial charge in [0, 0.05) is 18.9 Å². The highest BCUT2D eigenvalue weighted by Crippen LogP contribution is 2.33. The Morgan fingerprint density at radius 1 is 1.04 bits per heavy atom. The number of ether oxygens (including phenoxy) is 2. The van der Waals surface area contributed by atoms with Crippen LogP contribution in [0.2, 0.25) is 0 Å². The molecule has 0 saturated heterocycles. The molecule has 5 heteroatoms. The van der Waals surface area contributed by atoms with Crippen LogP contribution >= 0.6 is 0 Å². The summed E-state index contributed by atoms with van der Waals surface area (Å²) in [6, 6.07) is 4.86. The minimum Gasteiger partial charge on any atom is -0.504 e. The molecule has 0 fully saturated rings. The first-order valence-corrected chi connectivity index (χ1v) is 9.82. The van der Waals surface area contributed by atoms with Crippen molar-refractivity contribution in [3.8, 4) is 11.5 Å². The Labute approximate surface area is 157 Å². The average molecular weight is 366 g/mol. The molecule has 26 heavy (non-hydrogen) atoms. The zero-order chi connectivity index (χ0) is 19.4. The zero-order valence-electron chi connectivity index (χ0n) is 16.4. The molecule has 0 aliphatic rings. The van der Waals surface area contributed by atoms with Gasteiger partial charge < -0.3 is 19.7 Å². The minimum absolute atomic E-state index is 0.0117. The predicted molar refractivity (Wildman–Crippen MR) is 103 cm³/mol. The number of phenolic OH excluding ortho intramolecular Hbond substituents is 2. The Balaban J connectivity index is 2.87. The molecule has 0 amide bonds. The summed E-state index contributed by atoms with van der Waals surface area (Å²) in [5, 5.41) is 19.4. The summed E-state index contributed by atoms with van der Waals surface area (Å²) in [5.41, 5.74) is 0.883. The van der Waals surface area contributed by atoms with E-state index in [0.29, 0.717) is 13.0 Å². The van der Waals surface area contributed by atoms with Crippen LogP contribution in [0.4, 0.5) is 0 Å². The van der Waals surface area contributed by atoms with Crippen molar-refractivity contribution < 1.29 is 24.5 Å². The summed E-state index contributed by atoms with van der Waals surface area (Å²) in [7, 11) is 0. The average Bonchev–Trinajstić information content (AvgIpc) is 2.64. The van der Waals surface area contributed by atoms with Gasteiger partial charge in [0.1, 0.15) is 6.61 Å². The molecule has 148 valence electrons. The van der Waals surface area contributed by atoms with Crippen LogP contribution in [0.3, 0.4) is 0 Å². The van der Waals surface area contributed by atoms with Crippen LogP contribution in [0.1, 0.15) is 77.2 Å². The standard InChI is InChI=1S/C21H34O5/c1-4-7-8-9-13-25-20(15-26-21(24)6-3)17(10-5-2)16-11-12-18(22)19(23)14-16/h11-12,14,17,20,22-23H,4-10,13,15H2,1-3H3. The monoisotopic (exact) mass is 366 g/mol. The Morgan fingerprint density at radius 3 is 2.42 bits per heavy atom. The lowest BCUT2D eigenvalue weighted by Gasteiger charge is -2.27. The van der Waals surface area contributed by atoms with E-state index in [1.54, 1.807) is 19.1 Å². The van der Waals surface area contributed by atoms with Gasteiger partial charge in [-0.3, -0.25) is 4.79 Å². The van der Waals surface area contributed by atoms with Crippen LogP contribution in [-0.4, -0.2) is 35.5 Å². The molecule has 0 aliphatic heterocycles. The number of phenols is 2. The van der Waals surface area contributed by atoms with Crippen LogP contribution in [0, 0.1) is 0 Å². The number of benzene rings is 1. The van der Waals surface area contributed by atoms with Gasteiger partial charge in [0.25, 0.3) is 0 Å². The van der Waals surface area contributed by atoms with Crippen molar-refractivity contribution in [2.24, 2.45) is 0 Å². The summed E-state index contributed by atoms with van der Waals surface area (Å²) >= 11 is 0. The molecule has 1 aromatic carbocycles. The number of hydrogen-bond donors (Lipinski definition) is 2. The fraction of sp³-hybridized carbons (Fsp3) is 0.667. The number of hydrogen-bond acceptors (Lipinski definition) is 5. The lowest BCUT2D eigenvalue weighted by molar-refractivity contribution is -0.148. The first-order chi connectivity index (χ1) is 12.5. The minimum atomic E-state index is -0.268. The molecule has 0 radical (unpaired) electrons. The van der Waals surface area contributed by atoms with E-state index in [9.17, 15) is 15.0 Å². The van der Waals surface area contributed by atoms with Gasteiger partial charge in [0.05, 0.1) is 6.10 Å². The number of carbonyl (C=O) groups excluding carboxylic acids is 1. The summed E-state index contributed by atoms with van der Waals surface area (Å²) < 4.78 is 11.5. The van der Waals surface area contributed by atoms with Gasteiger partial charge in [-0.15, -0.1) is 0 Å². The second kappa shape index (κ2) is 12.6. The molecule has 0 aliphatic carbocycles. The maximum absolute atomic E-state index is 11.6. The Hall–Kier alpha value is -1.75. The zero-order valence-corrected chi connectivity index (χ0v) is 16.4. The normalized spacial score (nSPS) is 13.3. The molecule has 0 saturated carbocycles. The second-order valence-corrected chi connectivity index (χ2v) is 6.65.